The first kappa shape index (κ1) is 14.4. The molecule has 6 heteroatoms. The van der Waals surface area contributed by atoms with Crippen molar-refractivity contribution in [3.8, 4) is 0 Å². The Morgan fingerprint density at radius 3 is 2.47 bits per heavy atom. The van der Waals surface area contributed by atoms with Crippen LogP contribution in [0.3, 0.4) is 0 Å². The SMILES string of the molecule is Cc1cc(C(C)Nc2cc(Cl)nc(Cl)n2)ccc1Cl. The average Bonchev–Trinajstić information content (AvgIpc) is 2.31. The minimum Gasteiger partial charge on any atom is -0.363 e. The Morgan fingerprint density at radius 1 is 1.11 bits per heavy atom. The Morgan fingerprint density at radius 2 is 1.84 bits per heavy atom. The summed E-state index contributed by atoms with van der Waals surface area (Å²) in [6.45, 7) is 3.99. The first-order valence-electron chi connectivity index (χ1n) is 5.68. The van der Waals surface area contributed by atoms with Crippen LogP contribution in [0.4, 0.5) is 5.82 Å². The van der Waals surface area contributed by atoms with Gasteiger partial charge in [-0.05, 0) is 42.6 Å². The van der Waals surface area contributed by atoms with Crippen molar-refractivity contribution in [1.82, 2.24) is 9.97 Å². The van der Waals surface area contributed by atoms with E-state index in [-0.39, 0.29) is 11.3 Å². The van der Waals surface area contributed by atoms with Crippen LogP contribution in [0.15, 0.2) is 24.3 Å². The maximum Gasteiger partial charge on any atom is 0.225 e. The van der Waals surface area contributed by atoms with Crippen LogP contribution in [-0.4, -0.2) is 9.97 Å². The molecule has 19 heavy (non-hydrogen) atoms. The summed E-state index contributed by atoms with van der Waals surface area (Å²) in [5.41, 5.74) is 2.14. The van der Waals surface area contributed by atoms with Gasteiger partial charge in [0.2, 0.25) is 5.28 Å². The van der Waals surface area contributed by atoms with Gasteiger partial charge in [-0.15, -0.1) is 0 Å². The van der Waals surface area contributed by atoms with Crippen LogP contribution < -0.4 is 5.32 Å². The van der Waals surface area contributed by atoms with Gasteiger partial charge in [0.1, 0.15) is 11.0 Å². The van der Waals surface area contributed by atoms with Crippen molar-refractivity contribution in [2.75, 3.05) is 5.32 Å². The molecule has 1 atom stereocenters. The molecule has 0 fully saturated rings. The predicted octanol–water partition coefficient (Wildman–Crippen LogP) is 4.92. The maximum absolute atomic E-state index is 6.01. The molecule has 1 unspecified atom stereocenters. The van der Waals surface area contributed by atoms with E-state index in [1.165, 1.54) is 0 Å². The third-order valence-corrected chi connectivity index (χ3v) is 3.50. The summed E-state index contributed by atoms with van der Waals surface area (Å²) in [6.07, 6.45) is 0. The highest BCUT2D eigenvalue weighted by Crippen LogP contribution is 2.24. The fourth-order valence-corrected chi connectivity index (χ4v) is 2.23. The van der Waals surface area contributed by atoms with Crippen molar-refractivity contribution in [2.24, 2.45) is 0 Å². The van der Waals surface area contributed by atoms with Gasteiger partial charge in [0, 0.05) is 17.1 Å². The van der Waals surface area contributed by atoms with E-state index in [1.54, 1.807) is 6.07 Å². The lowest BCUT2D eigenvalue weighted by molar-refractivity contribution is 0.870. The highest BCUT2D eigenvalue weighted by molar-refractivity contribution is 6.32. The number of halogens is 3. The smallest absolute Gasteiger partial charge is 0.225 e. The summed E-state index contributed by atoms with van der Waals surface area (Å²) < 4.78 is 0. The fourth-order valence-electron chi connectivity index (χ4n) is 1.71. The average molecular weight is 317 g/mol. The number of nitrogens with one attached hydrogen (secondary N) is 1. The highest BCUT2D eigenvalue weighted by Gasteiger charge is 2.09. The van der Waals surface area contributed by atoms with Crippen molar-refractivity contribution in [3.05, 3.63) is 50.9 Å². The maximum atomic E-state index is 6.01. The molecular weight excluding hydrogens is 305 g/mol. The standard InChI is InChI=1S/C13H12Cl3N3/c1-7-5-9(3-4-10(7)14)8(2)17-12-6-11(15)18-13(16)19-12/h3-6,8H,1-2H3,(H,17,18,19). The second-order valence-electron chi connectivity index (χ2n) is 4.22. The van der Waals surface area contributed by atoms with Crippen molar-refractivity contribution in [1.29, 1.82) is 0 Å². The first-order chi connectivity index (χ1) is 8.95. The van der Waals surface area contributed by atoms with Crippen LogP contribution in [0.2, 0.25) is 15.5 Å². The van der Waals surface area contributed by atoms with Crippen LogP contribution in [0.25, 0.3) is 0 Å². The number of anilines is 1. The summed E-state index contributed by atoms with van der Waals surface area (Å²) in [7, 11) is 0. The first-order valence-corrected chi connectivity index (χ1v) is 6.82. The van der Waals surface area contributed by atoms with Gasteiger partial charge in [0.25, 0.3) is 0 Å². The Kier molecular flexibility index (Phi) is 4.50. The molecule has 0 amide bonds. The van der Waals surface area contributed by atoms with Crippen molar-refractivity contribution < 1.29 is 0 Å². The normalized spacial score (nSPS) is 12.3. The lowest BCUT2D eigenvalue weighted by atomic mass is 10.1. The van der Waals surface area contributed by atoms with E-state index in [4.69, 9.17) is 34.8 Å². The van der Waals surface area contributed by atoms with Crippen molar-refractivity contribution in [3.63, 3.8) is 0 Å². The van der Waals surface area contributed by atoms with Gasteiger partial charge in [-0.2, -0.15) is 0 Å². The molecule has 100 valence electrons. The van der Waals surface area contributed by atoms with E-state index >= 15 is 0 Å². The van der Waals surface area contributed by atoms with Gasteiger partial charge >= 0.3 is 0 Å². The Balaban J connectivity index is 2.20. The predicted molar refractivity (Wildman–Crippen MR) is 80.3 cm³/mol. The molecule has 1 aromatic carbocycles. The Hall–Kier alpha value is -1.03. The zero-order valence-electron chi connectivity index (χ0n) is 10.4. The Bertz CT molecular complexity index is 581. The van der Waals surface area contributed by atoms with Crippen LogP contribution in [0.1, 0.15) is 24.1 Å². The molecule has 1 aromatic heterocycles. The van der Waals surface area contributed by atoms with Crippen LogP contribution in [0.5, 0.6) is 0 Å². The summed E-state index contributed by atoms with van der Waals surface area (Å²) in [4.78, 5) is 7.87. The quantitative estimate of drug-likeness (QED) is 0.645. The topological polar surface area (TPSA) is 37.8 Å². The second kappa shape index (κ2) is 5.95. The molecule has 0 spiro atoms. The highest BCUT2D eigenvalue weighted by atomic mass is 35.5. The van der Waals surface area contributed by atoms with E-state index in [0.29, 0.717) is 11.0 Å². The number of benzene rings is 1. The van der Waals surface area contributed by atoms with Gasteiger partial charge in [-0.1, -0.05) is 35.3 Å². The number of hydrogen-bond donors (Lipinski definition) is 1. The van der Waals surface area contributed by atoms with Crippen LogP contribution >= 0.6 is 34.8 Å². The number of nitrogens with zero attached hydrogens (tertiary/aromatic N) is 2. The molecule has 0 aliphatic heterocycles. The van der Waals surface area contributed by atoms with Gasteiger partial charge in [0.15, 0.2) is 0 Å². The molecule has 0 aliphatic carbocycles. The summed E-state index contributed by atoms with van der Waals surface area (Å²) in [5.74, 6) is 0.588. The monoisotopic (exact) mass is 315 g/mol. The molecule has 3 nitrogen and oxygen atoms in total. The lowest BCUT2D eigenvalue weighted by Gasteiger charge is -2.16. The largest absolute Gasteiger partial charge is 0.363 e. The molecule has 1 N–H and O–H groups in total. The van der Waals surface area contributed by atoms with Crippen molar-refractivity contribution in [2.45, 2.75) is 19.9 Å². The van der Waals surface area contributed by atoms with E-state index in [9.17, 15) is 0 Å². The molecule has 1 heterocycles. The van der Waals surface area contributed by atoms with Gasteiger partial charge in [-0.3, -0.25) is 0 Å². The second-order valence-corrected chi connectivity index (χ2v) is 5.35. The molecule has 0 saturated heterocycles. The van der Waals surface area contributed by atoms with Gasteiger partial charge < -0.3 is 5.32 Å². The van der Waals surface area contributed by atoms with E-state index in [0.717, 1.165) is 16.1 Å². The van der Waals surface area contributed by atoms with Crippen LogP contribution in [-0.2, 0) is 0 Å². The number of hydrogen-bond acceptors (Lipinski definition) is 3. The fraction of sp³-hybridized carbons (Fsp3) is 0.231. The third-order valence-electron chi connectivity index (χ3n) is 2.71. The molecule has 0 bridgehead atoms. The van der Waals surface area contributed by atoms with Gasteiger partial charge in [0.05, 0.1) is 0 Å². The summed E-state index contributed by atoms with van der Waals surface area (Å²) in [5, 5.41) is 4.40. The minimum atomic E-state index is 0.0537. The summed E-state index contributed by atoms with van der Waals surface area (Å²) in [6, 6.07) is 7.57. The summed E-state index contributed by atoms with van der Waals surface area (Å²) >= 11 is 17.6. The zero-order valence-corrected chi connectivity index (χ0v) is 12.7. The minimum absolute atomic E-state index is 0.0537. The van der Waals surface area contributed by atoms with E-state index in [2.05, 4.69) is 15.3 Å². The number of rotatable bonds is 3. The van der Waals surface area contributed by atoms with E-state index < -0.39 is 0 Å². The third kappa shape index (κ3) is 3.72. The zero-order chi connectivity index (χ0) is 14.0. The van der Waals surface area contributed by atoms with Crippen LogP contribution in [0, 0.1) is 6.92 Å². The number of aryl methyl sites for hydroxylation is 1. The number of aromatic nitrogens is 2. The van der Waals surface area contributed by atoms with Crippen molar-refractivity contribution >= 4 is 40.6 Å². The lowest BCUT2D eigenvalue weighted by Crippen LogP contribution is -2.08. The van der Waals surface area contributed by atoms with Gasteiger partial charge in [-0.25, -0.2) is 9.97 Å². The molecule has 2 aromatic rings. The molecule has 0 radical (unpaired) electrons. The Labute approximate surface area is 126 Å². The molecule has 0 aliphatic rings. The van der Waals surface area contributed by atoms with E-state index in [1.807, 2.05) is 32.0 Å². The molecular formula is C13H12Cl3N3. The molecule has 2 rings (SSSR count). The molecule has 0 saturated carbocycles.